The molecule has 1 aromatic carbocycles. The first kappa shape index (κ1) is 14.2. The summed E-state index contributed by atoms with van der Waals surface area (Å²) in [6.07, 6.45) is 0. The van der Waals surface area contributed by atoms with E-state index in [-0.39, 0.29) is 11.4 Å². The Morgan fingerprint density at radius 2 is 2.05 bits per heavy atom. The van der Waals surface area contributed by atoms with Crippen LogP contribution in [0.15, 0.2) is 28.7 Å². The predicted octanol–water partition coefficient (Wildman–Crippen LogP) is 3.87. The molecule has 5 heteroatoms. The van der Waals surface area contributed by atoms with E-state index in [1.165, 1.54) is 6.07 Å². The first-order valence-corrected chi connectivity index (χ1v) is 6.89. The number of hydrogen-bond acceptors (Lipinski definition) is 2. The molecular weight excluding hydrogens is 309 g/mol. The molecule has 0 saturated carbocycles. The molecule has 0 saturated heterocycles. The SMILES string of the molecule is CC(C)(C)NCc1cc(-c2cc(Br)ccc2F)n[nH]1. The van der Waals surface area contributed by atoms with Gasteiger partial charge in [0.05, 0.1) is 5.69 Å². The first-order valence-electron chi connectivity index (χ1n) is 6.10. The zero-order chi connectivity index (χ0) is 14.0. The number of halogens is 2. The molecule has 0 aliphatic carbocycles. The molecular formula is C14H17BrFN3. The van der Waals surface area contributed by atoms with Crippen molar-refractivity contribution in [3.63, 3.8) is 0 Å². The minimum absolute atomic E-state index is 0.0340. The van der Waals surface area contributed by atoms with E-state index in [2.05, 4.69) is 52.2 Å². The lowest BCUT2D eigenvalue weighted by Gasteiger charge is -2.19. The summed E-state index contributed by atoms with van der Waals surface area (Å²) >= 11 is 3.34. The van der Waals surface area contributed by atoms with Crippen LogP contribution in [0.3, 0.4) is 0 Å². The van der Waals surface area contributed by atoms with Gasteiger partial charge >= 0.3 is 0 Å². The van der Waals surface area contributed by atoms with Gasteiger partial charge in [-0.3, -0.25) is 5.10 Å². The Balaban J connectivity index is 2.19. The van der Waals surface area contributed by atoms with Crippen molar-refractivity contribution in [3.8, 4) is 11.3 Å². The van der Waals surface area contributed by atoms with Crippen molar-refractivity contribution in [1.29, 1.82) is 0 Å². The second-order valence-corrected chi connectivity index (χ2v) is 6.42. The van der Waals surface area contributed by atoms with Gasteiger partial charge in [-0.05, 0) is 45.0 Å². The highest BCUT2D eigenvalue weighted by Gasteiger charge is 2.12. The fourth-order valence-corrected chi connectivity index (χ4v) is 2.01. The number of nitrogens with zero attached hydrogens (tertiary/aromatic N) is 1. The van der Waals surface area contributed by atoms with Crippen LogP contribution in [0.2, 0.25) is 0 Å². The van der Waals surface area contributed by atoms with Gasteiger partial charge in [0.2, 0.25) is 0 Å². The van der Waals surface area contributed by atoms with Gasteiger partial charge in [0, 0.05) is 27.8 Å². The van der Waals surface area contributed by atoms with Crippen LogP contribution in [0, 0.1) is 5.82 Å². The third-order valence-electron chi connectivity index (χ3n) is 2.64. The van der Waals surface area contributed by atoms with E-state index in [1.54, 1.807) is 12.1 Å². The molecule has 0 aliphatic heterocycles. The van der Waals surface area contributed by atoms with Crippen LogP contribution in [-0.4, -0.2) is 15.7 Å². The molecule has 102 valence electrons. The standard InChI is InChI=1S/C14H17BrFN3/c1-14(2,3)17-8-10-7-13(19-18-10)11-6-9(15)4-5-12(11)16/h4-7,17H,8H2,1-3H3,(H,18,19). The molecule has 0 bridgehead atoms. The first-order chi connectivity index (χ1) is 8.85. The Labute approximate surface area is 120 Å². The molecule has 0 radical (unpaired) electrons. The molecule has 2 N–H and O–H groups in total. The van der Waals surface area contributed by atoms with Crippen LogP contribution in [-0.2, 0) is 6.54 Å². The van der Waals surface area contributed by atoms with Gasteiger partial charge in [0.1, 0.15) is 5.82 Å². The summed E-state index contributed by atoms with van der Waals surface area (Å²) in [6.45, 7) is 6.96. The normalized spacial score (nSPS) is 11.8. The third-order valence-corrected chi connectivity index (χ3v) is 3.14. The highest BCUT2D eigenvalue weighted by Crippen LogP contribution is 2.25. The molecule has 0 fully saturated rings. The van der Waals surface area contributed by atoms with Crippen molar-refractivity contribution >= 4 is 15.9 Å². The van der Waals surface area contributed by atoms with E-state index in [1.807, 2.05) is 6.07 Å². The average molecular weight is 326 g/mol. The van der Waals surface area contributed by atoms with Crippen LogP contribution < -0.4 is 5.32 Å². The second-order valence-electron chi connectivity index (χ2n) is 5.51. The van der Waals surface area contributed by atoms with E-state index in [9.17, 15) is 4.39 Å². The third kappa shape index (κ3) is 3.88. The predicted molar refractivity (Wildman–Crippen MR) is 78.3 cm³/mol. The Morgan fingerprint density at radius 1 is 1.32 bits per heavy atom. The minimum atomic E-state index is -0.273. The average Bonchev–Trinajstić information content (AvgIpc) is 2.77. The molecule has 1 heterocycles. The Hall–Kier alpha value is -1.20. The fraction of sp³-hybridized carbons (Fsp3) is 0.357. The zero-order valence-electron chi connectivity index (χ0n) is 11.2. The molecule has 0 amide bonds. The van der Waals surface area contributed by atoms with Crippen molar-refractivity contribution < 1.29 is 4.39 Å². The van der Waals surface area contributed by atoms with Crippen LogP contribution >= 0.6 is 15.9 Å². The highest BCUT2D eigenvalue weighted by molar-refractivity contribution is 9.10. The number of aromatic amines is 1. The van der Waals surface area contributed by atoms with Crippen LogP contribution in [0.5, 0.6) is 0 Å². The number of benzene rings is 1. The van der Waals surface area contributed by atoms with Gasteiger partial charge in [-0.1, -0.05) is 15.9 Å². The fourth-order valence-electron chi connectivity index (χ4n) is 1.64. The summed E-state index contributed by atoms with van der Waals surface area (Å²) in [5.41, 5.74) is 2.08. The summed E-state index contributed by atoms with van der Waals surface area (Å²) in [5, 5.41) is 10.4. The van der Waals surface area contributed by atoms with Crippen LogP contribution in [0.4, 0.5) is 4.39 Å². The molecule has 0 unspecified atom stereocenters. The van der Waals surface area contributed by atoms with Crippen LogP contribution in [0.1, 0.15) is 26.5 Å². The lowest BCUT2D eigenvalue weighted by molar-refractivity contribution is 0.421. The van der Waals surface area contributed by atoms with E-state index < -0.39 is 0 Å². The van der Waals surface area contributed by atoms with E-state index in [0.29, 0.717) is 17.8 Å². The topological polar surface area (TPSA) is 40.7 Å². The maximum atomic E-state index is 13.7. The molecule has 1 aromatic heterocycles. The molecule has 2 aromatic rings. The van der Waals surface area contributed by atoms with E-state index >= 15 is 0 Å². The summed E-state index contributed by atoms with van der Waals surface area (Å²) in [5.74, 6) is -0.273. The van der Waals surface area contributed by atoms with E-state index in [4.69, 9.17) is 0 Å². The maximum absolute atomic E-state index is 13.7. The molecule has 19 heavy (non-hydrogen) atoms. The number of rotatable bonds is 3. The summed E-state index contributed by atoms with van der Waals surface area (Å²) in [4.78, 5) is 0. The highest BCUT2D eigenvalue weighted by atomic mass is 79.9. The van der Waals surface area contributed by atoms with Crippen LogP contribution in [0.25, 0.3) is 11.3 Å². The Kier molecular flexibility index (Phi) is 4.06. The maximum Gasteiger partial charge on any atom is 0.132 e. The number of aromatic nitrogens is 2. The molecule has 0 aliphatic rings. The minimum Gasteiger partial charge on any atom is -0.306 e. The summed E-state index contributed by atoms with van der Waals surface area (Å²) < 4.78 is 14.6. The Morgan fingerprint density at radius 3 is 2.74 bits per heavy atom. The largest absolute Gasteiger partial charge is 0.306 e. The van der Waals surface area contributed by atoms with Crippen molar-refractivity contribution in [1.82, 2.24) is 15.5 Å². The van der Waals surface area contributed by atoms with Crippen molar-refractivity contribution in [2.24, 2.45) is 0 Å². The number of nitrogens with one attached hydrogen (secondary N) is 2. The molecule has 0 atom stereocenters. The van der Waals surface area contributed by atoms with Gasteiger partial charge in [0.25, 0.3) is 0 Å². The lowest BCUT2D eigenvalue weighted by Crippen LogP contribution is -2.35. The van der Waals surface area contributed by atoms with Gasteiger partial charge in [-0.15, -0.1) is 0 Å². The lowest BCUT2D eigenvalue weighted by atomic mass is 10.1. The number of H-pyrrole nitrogens is 1. The smallest absolute Gasteiger partial charge is 0.132 e. The van der Waals surface area contributed by atoms with Gasteiger partial charge in [0.15, 0.2) is 0 Å². The summed E-state index contributed by atoms with van der Waals surface area (Å²) in [6, 6.07) is 6.70. The molecule has 3 nitrogen and oxygen atoms in total. The molecule has 0 spiro atoms. The van der Waals surface area contributed by atoms with Crippen molar-refractivity contribution in [3.05, 3.63) is 40.2 Å². The quantitative estimate of drug-likeness (QED) is 0.899. The van der Waals surface area contributed by atoms with Gasteiger partial charge < -0.3 is 5.32 Å². The van der Waals surface area contributed by atoms with Gasteiger partial charge in [-0.2, -0.15) is 5.10 Å². The van der Waals surface area contributed by atoms with Crippen molar-refractivity contribution in [2.45, 2.75) is 32.9 Å². The Bertz CT molecular complexity index is 572. The summed E-state index contributed by atoms with van der Waals surface area (Å²) in [7, 11) is 0. The van der Waals surface area contributed by atoms with E-state index in [0.717, 1.165) is 10.2 Å². The zero-order valence-corrected chi connectivity index (χ0v) is 12.8. The van der Waals surface area contributed by atoms with Crippen molar-refractivity contribution in [2.75, 3.05) is 0 Å². The molecule has 2 rings (SSSR count). The van der Waals surface area contributed by atoms with Gasteiger partial charge in [-0.25, -0.2) is 4.39 Å². The number of hydrogen-bond donors (Lipinski definition) is 2. The second kappa shape index (κ2) is 5.43. The monoisotopic (exact) mass is 325 g/mol.